The molecule has 16 heavy (non-hydrogen) atoms. The van der Waals surface area contributed by atoms with Crippen molar-refractivity contribution < 1.29 is 0 Å². The first kappa shape index (κ1) is 16.5. The molecule has 2 heteroatoms. The van der Waals surface area contributed by atoms with Crippen molar-refractivity contribution in [2.75, 3.05) is 0 Å². The van der Waals surface area contributed by atoms with Crippen LogP contribution >= 0.6 is 15.9 Å². The van der Waals surface area contributed by atoms with Crippen LogP contribution < -0.4 is 0 Å². The van der Waals surface area contributed by atoms with E-state index in [1.807, 2.05) is 0 Å². The lowest BCUT2D eigenvalue weighted by atomic mass is 10.1. The molecule has 0 spiro atoms. The summed E-state index contributed by atoms with van der Waals surface area (Å²) >= 11 is 3.59. The minimum Gasteiger partial charge on any atom is -0.0654 e. The van der Waals surface area contributed by atoms with Crippen molar-refractivity contribution in [1.29, 1.82) is 0 Å². The molecule has 0 aliphatic carbocycles. The van der Waals surface area contributed by atoms with Crippen molar-refractivity contribution in [3.05, 3.63) is 34.3 Å². The molecule has 0 saturated heterocycles. The summed E-state index contributed by atoms with van der Waals surface area (Å²) in [5.74, 6) is 0. The average molecular weight is 296 g/mol. The molecule has 1 aromatic carbocycles. The van der Waals surface area contributed by atoms with E-state index in [0.717, 1.165) is 0 Å². The van der Waals surface area contributed by atoms with Crippen LogP contribution in [0.15, 0.2) is 28.7 Å². The Bertz CT molecular complexity index is 273. The smallest absolute Gasteiger partial charge is 0.0654 e. The minimum atomic E-state index is 0. The molecule has 0 fully saturated rings. The molecule has 0 aliphatic heterocycles. The van der Waals surface area contributed by atoms with Gasteiger partial charge in [0.1, 0.15) is 0 Å². The fraction of sp³-hybridized carbons (Fsp3) is 0.571. The number of aryl methyl sites for hydroxylation is 1. The Kier molecular flexibility index (Phi) is 10.9. The van der Waals surface area contributed by atoms with E-state index in [-0.39, 0.29) is 23.1 Å². The summed E-state index contributed by atoms with van der Waals surface area (Å²) in [6.45, 7) is 2.26. The van der Waals surface area contributed by atoms with Crippen LogP contribution in [0.2, 0.25) is 0 Å². The van der Waals surface area contributed by atoms with Crippen LogP contribution in [-0.4, -0.2) is 23.1 Å². The van der Waals surface area contributed by atoms with Crippen LogP contribution in [0, 0.1) is 0 Å². The molecule has 0 bridgehead atoms. The molecule has 0 amide bonds. The van der Waals surface area contributed by atoms with Crippen molar-refractivity contribution in [2.45, 2.75) is 51.9 Å². The van der Waals surface area contributed by atoms with Gasteiger partial charge in [-0.15, -0.1) is 0 Å². The molecule has 1 rings (SSSR count). The maximum atomic E-state index is 3.59. The van der Waals surface area contributed by atoms with E-state index in [4.69, 9.17) is 0 Å². The molecule has 0 atom stereocenters. The van der Waals surface area contributed by atoms with Crippen LogP contribution in [-0.2, 0) is 6.42 Å². The van der Waals surface area contributed by atoms with Gasteiger partial charge in [-0.25, -0.2) is 0 Å². The van der Waals surface area contributed by atoms with Crippen LogP contribution in [0.4, 0.5) is 0 Å². The maximum Gasteiger partial charge on any atom is 0.316 e. The number of hydrogen-bond donors (Lipinski definition) is 0. The van der Waals surface area contributed by atoms with Crippen molar-refractivity contribution in [3.8, 4) is 0 Å². The molecular weight excluding hydrogens is 272 g/mol. The zero-order valence-corrected chi connectivity index (χ0v) is 11.2. The molecule has 0 heterocycles. The maximum absolute atomic E-state index is 3.59. The third kappa shape index (κ3) is 6.92. The van der Waals surface area contributed by atoms with Crippen molar-refractivity contribution in [3.63, 3.8) is 0 Å². The Labute approximate surface area is 124 Å². The summed E-state index contributed by atoms with van der Waals surface area (Å²) < 4.78 is 1.26. The zero-order chi connectivity index (χ0) is 10.9. The molecule has 88 valence electrons. The van der Waals surface area contributed by atoms with E-state index in [0.29, 0.717) is 0 Å². The van der Waals surface area contributed by atoms with Gasteiger partial charge in [-0.2, -0.15) is 0 Å². The van der Waals surface area contributed by atoms with E-state index in [9.17, 15) is 0 Å². The largest absolute Gasteiger partial charge is 0.316 e. The van der Waals surface area contributed by atoms with Gasteiger partial charge >= 0.3 is 23.1 Å². The second-order valence-corrected chi connectivity index (χ2v) is 4.96. The Morgan fingerprint density at radius 2 is 1.56 bits per heavy atom. The van der Waals surface area contributed by atoms with E-state index in [1.165, 1.54) is 55.0 Å². The minimum absolute atomic E-state index is 0. The average Bonchev–Trinajstić information content (AvgIpc) is 2.25. The fourth-order valence-corrected chi connectivity index (χ4v) is 2.28. The molecule has 1 aromatic rings. The van der Waals surface area contributed by atoms with Gasteiger partial charge in [0.15, 0.2) is 0 Å². The van der Waals surface area contributed by atoms with E-state index >= 15 is 0 Å². The molecule has 0 nitrogen and oxygen atoms in total. The highest BCUT2D eigenvalue weighted by molar-refractivity contribution is 9.10. The molecule has 0 aliphatic rings. The van der Waals surface area contributed by atoms with Gasteiger partial charge < -0.3 is 0 Å². The van der Waals surface area contributed by atoms with Gasteiger partial charge in [-0.3, -0.25) is 0 Å². The first-order valence-corrected chi connectivity index (χ1v) is 6.87. The van der Waals surface area contributed by atoms with Crippen LogP contribution in [0.1, 0.15) is 51.0 Å². The number of rotatable bonds is 7. The number of benzene rings is 1. The van der Waals surface area contributed by atoms with Gasteiger partial charge in [-0.1, -0.05) is 73.2 Å². The molecular formula is C14H23BrMg. The Balaban J connectivity index is 0.00000225. The van der Waals surface area contributed by atoms with Gasteiger partial charge in [0, 0.05) is 4.47 Å². The summed E-state index contributed by atoms with van der Waals surface area (Å²) in [5.41, 5.74) is 1.45. The summed E-state index contributed by atoms with van der Waals surface area (Å²) in [4.78, 5) is 0. The third-order valence-corrected chi connectivity index (χ3v) is 3.53. The highest BCUT2D eigenvalue weighted by Gasteiger charge is 1.97. The lowest BCUT2D eigenvalue weighted by molar-refractivity contribution is 0.607. The summed E-state index contributed by atoms with van der Waals surface area (Å²) in [6.07, 6.45) is 9.46. The quantitative estimate of drug-likeness (QED) is 0.515. The number of hydrogen-bond acceptors (Lipinski definition) is 0. The van der Waals surface area contributed by atoms with Gasteiger partial charge in [0.25, 0.3) is 0 Å². The van der Waals surface area contributed by atoms with Crippen molar-refractivity contribution in [1.82, 2.24) is 0 Å². The normalized spacial score (nSPS) is 9.88. The van der Waals surface area contributed by atoms with E-state index < -0.39 is 0 Å². The Hall–Kier alpha value is 0.466. The Morgan fingerprint density at radius 1 is 0.938 bits per heavy atom. The topological polar surface area (TPSA) is 0 Å². The van der Waals surface area contributed by atoms with Crippen LogP contribution in [0.5, 0.6) is 0 Å². The molecule has 0 aromatic heterocycles. The molecule has 0 unspecified atom stereocenters. The third-order valence-electron chi connectivity index (χ3n) is 2.76. The lowest BCUT2D eigenvalue weighted by Crippen LogP contribution is -1.87. The van der Waals surface area contributed by atoms with Gasteiger partial charge in [0.05, 0.1) is 0 Å². The predicted octanol–water partition coefficient (Wildman–Crippen LogP) is 4.44. The van der Waals surface area contributed by atoms with Gasteiger partial charge in [0.2, 0.25) is 0 Å². The van der Waals surface area contributed by atoms with Crippen molar-refractivity contribution in [2.24, 2.45) is 0 Å². The highest BCUT2D eigenvalue weighted by Crippen LogP contribution is 2.18. The predicted molar refractivity (Wildman–Crippen MR) is 79.8 cm³/mol. The van der Waals surface area contributed by atoms with E-state index in [2.05, 4.69) is 47.1 Å². The zero-order valence-electron chi connectivity index (χ0n) is 9.64. The van der Waals surface area contributed by atoms with Crippen molar-refractivity contribution >= 4 is 39.0 Å². The second-order valence-electron chi connectivity index (χ2n) is 4.11. The SMILES string of the molecule is CCCCCCCCc1ccccc1Br.[MgH2]. The Morgan fingerprint density at radius 3 is 2.25 bits per heavy atom. The number of unbranched alkanes of at least 4 members (excludes halogenated alkanes) is 5. The summed E-state index contributed by atoms with van der Waals surface area (Å²) in [5, 5.41) is 0. The molecule has 0 radical (unpaired) electrons. The van der Waals surface area contributed by atoms with Crippen LogP contribution in [0.3, 0.4) is 0 Å². The number of halogens is 1. The summed E-state index contributed by atoms with van der Waals surface area (Å²) in [6, 6.07) is 8.55. The monoisotopic (exact) mass is 294 g/mol. The first-order chi connectivity index (χ1) is 7.34. The van der Waals surface area contributed by atoms with Crippen LogP contribution in [0.25, 0.3) is 0 Å². The molecule has 0 N–H and O–H groups in total. The van der Waals surface area contributed by atoms with E-state index in [1.54, 1.807) is 0 Å². The standard InChI is InChI=1S/C14H21Br.Mg.2H/c1-2-3-4-5-6-7-10-13-11-8-9-12-14(13)15;;;/h8-9,11-12H,2-7,10H2,1H3;;;. The highest BCUT2D eigenvalue weighted by atomic mass is 79.9. The lowest BCUT2D eigenvalue weighted by Gasteiger charge is -2.03. The summed E-state index contributed by atoms with van der Waals surface area (Å²) in [7, 11) is 0. The second kappa shape index (κ2) is 10.6. The first-order valence-electron chi connectivity index (χ1n) is 6.08. The van der Waals surface area contributed by atoms with Gasteiger partial charge in [-0.05, 0) is 24.5 Å². The fourth-order valence-electron chi connectivity index (χ4n) is 1.80. The molecule has 0 saturated carbocycles.